The third kappa shape index (κ3) is 5.01. The van der Waals surface area contributed by atoms with Gasteiger partial charge in [0, 0.05) is 25.8 Å². The molecule has 1 fully saturated rings. The van der Waals surface area contributed by atoms with Crippen molar-refractivity contribution in [2.24, 2.45) is 11.8 Å². The minimum absolute atomic E-state index is 0.0709. The fourth-order valence-electron chi connectivity index (χ4n) is 5.21. The van der Waals surface area contributed by atoms with Gasteiger partial charge in [0.25, 0.3) is 0 Å². The number of nitrogens with zero attached hydrogens (tertiary/aromatic N) is 2. The van der Waals surface area contributed by atoms with Crippen molar-refractivity contribution in [1.82, 2.24) is 4.57 Å². The van der Waals surface area contributed by atoms with Crippen LogP contribution in [0.25, 0.3) is 10.9 Å². The number of anilines is 1. The Hall–Kier alpha value is -2.67. The normalized spacial score (nSPS) is 18.8. The minimum Gasteiger partial charge on any atom is -0.369 e. The molecule has 2 heterocycles. The van der Waals surface area contributed by atoms with E-state index in [2.05, 4.69) is 25.7 Å². The third-order valence-electron chi connectivity index (χ3n) is 7.01. The Morgan fingerprint density at radius 1 is 1.03 bits per heavy atom. The molecule has 188 valence electrons. The van der Waals surface area contributed by atoms with Crippen LogP contribution in [0.5, 0.6) is 0 Å². The molecular weight excluding hydrogens is 463 g/mol. The fourth-order valence-corrected chi connectivity index (χ4v) is 6.58. The number of piperidine rings is 1. The Labute approximate surface area is 207 Å². The second kappa shape index (κ2) is 10.1. The molecule has 7 heteroatoms. The molecule has 0 amide bonds. The van der Waals surface area contributed by atoms with Gasteiger partial charge >= 0.3 is 0 Å². The molecule has 0 bridgehead atoms. The van der Waals surface area contributed by atoms with Gasteiger partial charge < -0.3 is 9.47 Å². The van der Waals surface area contributed by atoms with E-state index in [1.165, 1.54) is 24.4 Å². The number of pyridine rings is 1. The van der Waals surface area contributed by atoms with Gasteiger partial charge in [0.15, 0.2) is 0 Å². The lowest BCUT2D eigenvalue weighted by Crippen LogP contribution is -2.39. The highest BCUT2D eigenvalue weighted by molar-refractivity contribution is 7.91. The zero-order chi connectivity index (χ0) is 25.3. The molecule has 0 aliphatic carbocycles. The number of unbranched alkanes of at least 4 members (excludes halogenated alkanes) is 1. The van der Waals surface area contributed by atoms with Crippen LogP contribution in [0.3, 0.4) is 0 Å². The van der Waals surface area contributed by atoms with E-state index in [1.807, 2.05) is 11.5 Å². The highest BCUT2D eigenvalue weighted by Crippen LogP contribution is 2.32. The number of rotatable bonds is 7. The van der Waals surface area contributed by atoms with Crippen molar-refractivity contribution < 1.29 is 12.8 Å². The smallest absolute Gasteiger partial charge is 0.211 e. The highest BCUT2D eigenvalue weighted by atomic mass is 32.2. The van der Waals surface area contributed by atoms with Gasteiger partial charge in [-0.1, -0.05) is 46.2 Å². The lowest BCUT2D eigenvalue weighted by atomic mass is 9.91. The van der Waals surface area contributed by atoms with E-state index in [0.29, 0.717) is 29.6 Å². The highest BCUT2D eigenvalue weighted by Gasteiger charge is 2.27. The van der Waals surface area contributed by atoms with Gasteiger partial charge in [0.2, 0.25) is 15.3 Å². The molecule has 3 aromatic rings. The van der Waals surface area contributed by atoms with Crippen LogP contribution in [0.15, 0.2) is 57.2 Å². The van der Waals surface area contributed by atoms with Gasteiger partial charge in [-0.25, -0.2) is 12.8 Å². The van der Waals surface area contributed by atoms with Crippen molar-refractivity contribution in [3.63, 3.8) is 0 Å². The van der Waals surface area contributed by atoms with Crippen molar-refractivity contribution in [2.75, 3.05) is 18.0 Å². The molecule has 4 rings (SSSR count). The number of hydrogen-bond acceptors (Lipinski definition) is 4. The summed E-state index contributed by atoms with van der Waals surface area (Å²) >= 11 is 0. The molecule has 0 radical (unpaired) electrons. The zero-order valence-electron chi connectivity index (χ0n) is 21.1. The summed E-state index contributed by atoms with van der Waals surface area (Å²) in [6.07, 6.45) is 5.06. The van der Waals surface area contributed by atoms with Gasteiger partial charge in [-0.2, -0.15) is 0 Å². The molecule has 0 saturated carbocycles. The first-order valence-corrected chi connectivity index (χ1v) is 14.1. The standard InChI is InChI=1S/C28H35FN2O3S/c1-5-7-12-30-18-27(35(33,34)22-10-8-21(6-2)9-11-22)28(32)23-14-24(29)26(15-25(23)30)31-16-19(3)13-20(4)17-31/h8-11,14-15,18-20H,5-7,12-13,16-17H2,1-4H3/t19-,20+. The van der Waals surface area contributed by atoms with Gasteiger partial charge in [0.05, 0.1) is 21.5 Å². The van der Waals surface area contributed by atoms with Crippen LogP contribution in [0.4, 0.5) is 10.1 Å². The average molecular weight is 499 g/mol. The lowest BCUT2D eigenvalue weighted by molar-refractivity contribution is 0.354. The zero-order valence-corrected chi connectivity index (χ0v) is 21.9. The quantitative estimate of drug-likeness (QED) is 0.412. The first-order valence-electron chi connectivity index (χ1n) is 12.6. The summed E-state index contributed by atoms with van der Waals surface area (Å²) in [5.41, 5.74) is 1.41. The van der Waals surface area contributed by atoms with Gasteiger partial charge in [-0.15, -0.1) is 0 Å². The van der Waals surface area contributed by atoms with Crippen LogP contribution >= 0.6 is 0 Å². The maximum Gasteiger partial charge on any atom is 0.211 e. The van der Waals surface area contributed by atoms with Gasteiger partial charge in [0.1, 0.15) is 10.7 Å². The Kier molecular flexibility index (Phi) is 7.36. The van der Waals surface area contributed by atoms with Crippen LogP contribution in [-0.2, 0) is 22.8 Å². The molecule has 0 unspecified atom stereocenters. The number of aryl methyl sites for hydroxylation is 2. The third-order valence-corrected chi connectivity index (χ3v) is 8.77. The Morgan fingerprint density at radius 2 is 1.69 bits per heavy atom. The minimum atomic E-state index is -4.06. The topological polar surface area (TPSA) is 59.4 Å². The number of hydrogen-bond donors (Lipinski definition) is 0. The van der Waals surface area contributed by atoms with Crippen LogP contribution in [-0.4, -0.2) is 26.1 Å². The van der Waals surface area contributed by atoms with Crippen LogP contribution in [0, 0.1) is 17.7 Å². The second-order valence-electron chi connectivity index (χ2n) is 10.0. The molecule has 1 saturated heterocycles. The number of sulfone groups is 1. The van der Waals surface area contributed by atoms with E-state index in [0.717, 1.165) is 44.3 Å². The van der Waals surface area contributed by atoms with Crippen LogP contribution < -0.4 is 10.3 Å². The fraction of sp³-hybridized carbons (Fsp3) is 0.464. The average Bonchev–Trinajstić information content (AvgIpc) is 2.82. The van der Waals surface area contributed by atoms with Gasteiger partial charge in [-0.3, -0.25) is 4.79 Å². The van der Waals surface area contributed by atoms with Crippen molar-refractivity contribution in [3.8, 4) is 0 Å². The summed E-state index contributed by atoms with van der Waals surface area (Å²) in [5, 5.41) is 0.103. The van der Waals surface area contributed by atoms with E-state index in [9.17, 15) is 13.2 Å². The molecule has 1 aliphatic heterocycles. The van der Waals surface area contributed by atoms with Crippen LogP contribution in [0.2, 0.25) is 0 Å². The van der Waals surface area contributed by atoms with Crippen molar-refractivity contribution >= 4 is 26.4 Å². The summed E-state index contributed by atoms with van der Waals surface area (Å²) in [6, 6.07) is 9.57. The lowest BCUT2D eigenvalue weighted by Gasteiger charge is -2.37. The monoisotopic (exact) mass is 498 g/mol. The summed E-state index contributed by atoms with van der Waals surface area (Å²) in [7, 11) is -4.06. The molecule has 0 N–H and O–H groups in total. The van der Waals surface area contributed by atoms with Gasteiger partial charge in [-0.05, 0) is 60.9 Å². The molecule has 2 aromatic carbocycles. The van der Waals surface area contributed by atoms with Crippen molar-refractivity contribution in [3.05, 3.63) is 64.2 Å². The molecule has 1 aliphatic rings. The number of benzene rings is 2. The summed E-state index contributed by atoms with van der Waals surface area (Å²) < 4.78 is 44.2. The first kappa shape index (κ1) is 25.4. The molecule has 1 aromatic heterocycles. The molecule has 0 spiro atoms. The Morgan fingerprint density at radius 3 is 2.29 bits per heavy atom. The summed E-state index contributed by atoms with van der Waals surface area (Å²) in [4.78, 5) is 15.3. The summed E-state index contributed by atoms with van der Waals surface area (Å²) in [5.74, 6) is 0.408. The molecule has 5 nitrogen and oxygen atoms in total. The van der Waals surface area contributed by atoms with E-state index >= 15 is 4.39 Å². The number of aromatic nitrogens is 1. The first-order chi connectivity index (χ1) is 16.6. The maximum atomic E-state index is 15.4. The van der Waals surface area contributed by atoms with E-state index < -0.39 is 21.1 Å². The van der Waals surface area contributed by atoms with E-state index in [1.54, 1.807) is 18.2 Å². The van der Waals surface area contributed by atoms with E-state index in [-0.39, 0.29) is 15.2 Å². The van der Waals surface area contributed by atoms with Crippen LogP contribution in [0.1, 0.15) is 52.5 Å². The van der Waals surface area contributed by atoms with E-state index in [4.69, 9.17) is 0 Å². The van der Waals surface area contributed by atoms with Crippen molar-refractivity contribution in [1.29, 1.82) is 0 Å². The Bertz CT molecular complexity index is 1370. The Balaban J connectivity index is 1.89. The summed E-state index contributed by atoms with van der Waals surface area (Å²) in [6.45, 7) is 10.4. The number of halogens is 1. The molecule has 35 heavy (non-hydrogen) atoms. The second-order valence-corrected chi connectivity index (χ2v) is 12.0. The largest absolute Gasteiger partial charge is 0.369 e. The van der Waals surface area contributed by atoms with Crippen molar-refractivity contribution in [2.45, 2.75) is 69.7 Å². The predicted molar refractivity (Wildman–Crippen MR) is 140 cm³/mol. The number of fused-ring (bicyclic) bond motifs is 1. The predicted octanol–water partition coefficient (Wildman–Crippen LogP) is 5.82. The SMILES string of the molecule is CCCCn1cc(S(=O)(=O)c2ccc(CC)cc2)c(=O)c2cc(F)c(N3C[C@H](C)C[C@H](C)C3)cc21. The maximum absolute atomic E-state index is 15.4. The molecular formula is C28H35FN2O3S. The molecule has 2 atom stereocenters.